The summed E-state index contributed by atoms with van der Waals surface area (Å²) in [5.41, 5.74) is 19.5. The summed E-state index contributed by atoms with van der Waals surface area (Å²) < 4.78 is 10.4. The number of para-hydroxylation sites is 3. The predicted molar refractivity (Wildman–Crippen MR) is 448 cm³/mol. The standard InChI is InChI=1S/C17H17N3O2.C16H15N3.C15H19N3O.C14H16N2O3.C13H14N2.C11H12N2O2.2CH4/c21-17-19-15-9-5-4-8-14(15)16(20-17)18-10-11-22-12-13-6-2-1-3-7-13;1-12-18-15-10-6-5-9-14(15)16(19-12)17-11-13-7-3-2-4-8-13;19-15-17-13-9-5-4-8-12(13)14(18-15)16-10-11-6-2-1-3-7-11;1-10(17)19-8-4-7-15-14-12-6-3-2-5-11(12)9-13(18)16-14;1-3-5-10-6-4-7-11-8-9(2)15-13(14)12(10)11;14-6-5-12-11-9-4-2-1-3-8(9)7-10(15)13-11;;/h1-9H,10-12H2,(H2,18,19,20,21);2-10,18H,1,11H2,(H,17,19);4-5,8-9,11H,1-3,6-7,10H2,(H2,16,17,18,19);2-3,5-6H,4,7-9H2,1H3,(H,15,16,18);3-4,6-7H,1-2,5,8H2,(H2,14,15);1-4,14H,5-7H2,(H,12,13,15);2*1H4. The number of hydrogen-bond donors (Lipinski definition) is 10. The minimum atomic E-state index is -0.355. The number of aliphatic hydroxyl groups is 1. The Morgan fingerprint density at radius 3 is 1.72 bits per heavy atom. The van der Waals surface area contributed by atoms with E-state index in [0.29, 0.717) is 100 Å². The van der Waals surface area contributed by atoms with Crippen molar-refractivity contribution in [3.05, 3.63) is 314 Å². The topological polar surface area (TPSA) is 329 Å². The molecule has 111 heavy (non-hydrogen) atoms. The van der Waals surface area contributed by atoms with E-state index in [1.807, 2.05) is 182 Å². The Labute approximate surface area is 648 Å². The van der Waals surface area contributed by atoms with Crippen molar-refractivity contribution in [2.75, 3.05) is 62.0 Å². The summed E-state index contributed by atoms with van der Waals surface area (Å²) in [5.74, 6) is 5.01. The van der Waals surface area contributed by atoms with E-state index < -0.39 is 0 Å². The van der Waals surface area contributed by atoms with Crippen molar-refractivity contribution in [3.8, 4) is 0 Å². The van der Waals surface area contributed by atoms with Gasteiger partial charge in [0.2, 0.25) is 11.8 Å². The van der Waals surface area contributed by atoms with Gasteiger partial charge in [0.25, 0.3) is 0 Å². The lowest BCUT2D eigenvalue weighted by molar-refractivity contribution is -0.141. The van der Waals surface area contributed by atoms with Gasteiger partial charge in [-0.1, -0.05) is 217 Å². The first-order valence-corrected chi connectivity index (χ1v) is 36.5. The molecular formula is C88H101N15O8. The van der Waals surface area contributed by atoms with Crippen LogP contribution in [0.4, 0.5) is 17.3 Å². The molecule has 23 heteroatoms. The molecular weight excluding hydrogens is 1400 g/mol. The first-order chi connectivity index (χ1) is 53.2. The molecule has 2 amide bonds. The highest BCUT2D eigenvalue weighted by Gasteiger charge is 2.23. The number of aliphatic imine (C=N–C) groups is 4. The zero-order valence-corrected chi connectivity index (χ0v) is 61.3. The Bertz CT molecular complexity index is 5050. The molecule has 23 nitrogen and oxygen atoms in total. The highest BCUT2D eigenvalue weighted by molar-refractivity contribution is 6.13. The molecule has 1 saturated carbocycles. The number of hydrogen-bond acceptors (Lipinski definition) is 18. The van der Waals surface area contributed by atoms with E-state index in [0.717, 1.165) is 103 Å². The van der Waals surface area contributed by atoms with E-state index in [-0.39, 0.29) is 50.6 Å². The van der Waals surface area contributed by atoms with Gasteiger partial charge in [-0.3, -0.25) is 29.4 Å². The third-order valence-corrected chi connectivity index (χ3v) is 17.7. The maximum Gasteiger partial charge on any atom is 0.347 e. The quantitative estimate of drug-likeness (QED) is 0.0204. The molecule has 0 bridgehead atoms. The molecule has 0 unspecified atom stereocenters. The summed E-state index contributed by atoms with van der Waals surface area (Å²) >= 11 is 0. The molecule has 6 heterocycles. The largest absolute Gasteiger partial charge is 0.466 e. The van der Waals surface area contributed by atoms with Gasteiger partial charge in [0.15, 0.2) is 0 Å². The van der Waals surface area contributed by atoms with Gasteiger partial charge in [0, 0.05) is 78.1 Å². The Hall–Kier alpha value is -12.7. The van der Waals surface area contributed by atoms with E-state index >= 15 is 0 Å². The van der Waals surface area contributed by atoms with Gasteiger partial charge in [-0.05, 0) is 95.0 Å². The van der Waals surface area contributed by atoms with Gasteiger partial charge in [0.05, 0.1) is 69.1 Å². The number of nitrogens with one attached hydrogen (secondary N) is 8. The number of nitrogens with zero attached hydrogens (tertiary/aromatic N) is 6. The smallest absolute Gasteiger partial charge is 0.347 e. The Balaban J connectivity index is 0.000000167. The molecule has 15 rings (SSSR count). The van der Waals surface area contributed by atoms with Crippen LogP contribution >= 0.6 is 0 Å². The number of esters is 1. The molecule has 1 fully saturated rings. The van der Waals surface area contributed by atoms with Crippen molar-refractivity contribution in [2.45, 2.75) is 99.1 Å². The number of H-pyrrole nitrogens is 2. The lowest BCUT2D eigenvalue weighted by atomic mass is 9.89. The number of amides is 2. The summed E-state index contributed by atoms with van der Waals surface area (Å²) in [4.78, 5) is 87.5. The number of aromatic amines is 2. The molecule has 0 spiro atoms. The fraction of sp³-hybridized carbons (Fsp3) is 0.261. The summed E-state index contributed by atoms with van der Waals surface area (Å²) in [7, 11) is 0. The van der Waals surface area contributed by atoms with Crippen molar-refractivity contribution in [2.24, 2.45) is 31.6 Å². The van der Waals surface area contributed by atoms with Crippen LogP contribution in [0.5, 0.6) is 0 Å². The van der Waals surface area contributed by atoms with Gasteiger partial charge in [-0.15, -0.1) is 6.58 Å². The number of carbonyl (C=O) groups is 3. The van der Waals surface area contributed by atoms with Crippen LogP contribution in [0.25, 0.3) is 21.8 Å². The second-order valence-electron chi connectivity index (χ2n) is 26.0. The van der Waals surface area contributed by atoms with Gasteiger partial charge in [0.1, 0.15) is 40.8 Å². The maximum absolute atomic E-state index is 11.6. The van der Waals surface area contributed by atoms with Gasteiger partial charge >= 0.3 is 17.3 Å². The van der Waals surface area contributed by atoms with Crippen molar-refractivity contribution in [1.82, 2.24) is 35.9 Å². The maximum atomic E-state index is 11.6. The summed E-state index contributed by atoms with van der Waals surface area (Å²) in [5, 5.41) is 29.0. The van der Waals surface area contributed by atoms with Crippen molar-refractivity contribution >= 4 is 80.3 Å². The lowest BCUT2D eigenvalue weighted by Gasteiger charge is -2.23. The van der Waals surface area contributed by atoms with Gasteiger partial charge in [-0.25, -0.2) is 14.6 Å². The number of fused-ring (bicyclic) bond motifs is 6. The van der Waals surface area contributed by atoms with E-state index in [1.54, 1.807) is 0 Å². The third-order valence-electron chi connectivity index (χ3n) is 17.7. The Morgan fingerprint density at radius 1 is 0.586 bits per heavy atom. The molecule has 0 atom stereocenters. The number of ether oxygens (including phenoxy) is 2. The molecule has 11 N–H and O–H groups in total. The van der Waals surface area contributed by atoms with Crippen LogP contribution in [0.1, 0.15) is 116 Å². The highest BCUT2D eigenvalue weighted by Crippen LogP contribution is 2.27. The number of allylic oxidation sites excluding steroid dienone is 2. The van der Waals surface area contributed by atoms with Crippen LogP contribution < -0.4 is 49.0 Å². The first-order valence-electron chi connectivity index (χ1n) is 36.5. The van der Waals surface area contributed by atoms with E-state index in [9.17, 15) is 24.0 Å². The molecule has 5 aliphatic rings. The number of anilines is 3. The summed E-state index contributed by atoms with van der Waals surface area (Å²) in [6, 6.07) is 65.2. The Morgan fingerprint density at radius 2 is 1.12 bits per heavy atom. The molecule has 1 aliphatic carbocycles. The van der Waals surface area contributed by atoms with Crippen LogP contribution in [0.2, 0.25) is 0 Å². The second-order valence-corrected chi connectivity index (χ2v) is 26.0. The van der Waals surface area contributed by atoms with Gasteiger partial charge < -0.3 is 62.2 Å². The molecule has 10 aromatic rings. The molecule has 4 aliphatic heterocycles. The SMILES string of the molecule is C.C.C=C1NC(=NCc2ccccc2)c2ccccc2N1.C=CCc1cccc2c1C(N)=NC(=C)C2.CC(=O)OCCCN=C1NC(=O)Cc2ccccc21.O=C1Cc2ccccc2C(=NCCO)N1.O=c1nc(NCC2CCCCC2)c2ccccc2[nH]1.O=c1nc(NCCOCc2ccccc2)c2ccccc2[nH]1. The van der Waals surface area contributed by atoms with E-state index in [4.69, 9.17) is 20.3 Å². The van der Waals surface area contributed by atoms with Crippen molar-refractivity contribution in [3.63, 3.8) is 0 Å². The van der Waals surface area contributed by atoms with Crippen LogP contribution in [0.3, 0.4) is 0 Å². The number of aromatic nitrogens is 4. The van der Waals surface area contributed by atoms with E-state index in [2.05, 4.69) is 116 Å². The number of benzene rings is 8. The number of rotatable bonds is 19. The van der Waals surface area contributed by atoms with Crippen LogP contribution in [-0.4, -0.2) is 112 Å². The minimum Gasteiger partial charge on any atom is -0.466 e. The third kappa shape index (κ3) is 25.7. The zero-order chi connectivity index (χ0) is 76.5. The number of carbonyl (C=O) groups excluding carboxylic acids is 3. The van der Waals surface area contributed by atoms with Crippen molar-refractivity contribution in [1.29, 1.82) is 0 Å². The average molecular weight is 1500 g/mol. The number of aliphatic hydroxyl groups excluding tert-OH is 1. The first kappa shape index (κ1) is 83.9. The average Bonchev–Trinajstić information content (AvgIpc) is 0.797. The summed E-state index contributed by atoms with van der Waals surface area (Å²) in [6.07, 6.45) is 11.5. The monoisotopic (exact) mass is 1500 g/mol. The van der Waals surface area contributed by atoms with Crippen LogP contribution in [0.15, 0.2) is 267 Å². The van der Waals surface area contributed by atoms with Crippen LogP contribution in [-0.2, 0) is 62.7 Å². The molecule has 2 aromatic heterocycles. The second kappa shape index (κ2) is 43.9. The van der Waals surface area contributed by atoms with E-state index in [1.165, 1.54) is 55.7 Å². The fourth-order valence-electron chi connectivity index (χ4n) is 12.7. The molecule has 0 saturated heterocycles. The van der Waals surface area contributed by atoms with Crippen molar-refractivity contribution < 1.29 is 29.0 Å². The minimum absolute atomic E-state index is 0. The predicted octanol–water partition coefficient (Wildman–Crippen LogP) is 13.2. The lowest BCUT2D eigenvalue weighted by Crippen LogP contribution is -2.38. The number of nitrogens with two attached hydrogens (primary N) is 1. The molecule has 0 radical (unpaired) electrons. The highest BCUT2D eigenvalue weighted by atomic mass is 16.5. The fourth-order valence-corrected chi connectivity index (χ4v) is 12.7. The number of amidine groups is 4. The zero-order valence-electron chi connectivity index (χ0n) is 61.3. The molecule has 576 valence electrons. The normalized spacial score (nSPS) is 14.6. The summed E-state index contributed by atoms with van der Waals surface area (Å²) in [6.45, 7) is 17.3. The van der Waals surface area contributed by atoms with Gasteiger partial charge in [-0.2, -0.15) is 9.97 Å². The van der Waals surface area contributed by atoms with Crippen LogP contribution in [0, 0.1) is 5.92 Å². The molecule has 8 aromatic carbocycles. The Kier molecular flexibility index (Phi) is 33.2.